The normalized spacial score (nSPS) is 31.0. The molecule has 0 amide bonds. The Hall–Kier alpha value is -0.450. The molecular formula is C11H18N2OS. The number of hydrogen-bond donors (Lipinski definition) is 1. The molecule has 0 radical (unpaired) electrons. The van der Waals surface area contributed by atoms with Crippen LogP contribution < -0.4 is 5.32 Å². The van der Waals surface area contributed by atoms with E-state index in [4.69, 9.17) is 4.74 Å². The van der Waals surface area contributed by atoms with Gasteiger partial charge in [-0.1, -0.05) is 0 Å². The Balaban J connectivity index is 1.96. The van der Waals surface area contributed by atoms with E-state index in [-0.39, 0.29) is 5.54 Å². The molecule has 2 rings (SSSR count). The lowest BCUT2D eigenvalue weighted by Gasteiger charge is -2.28. The van der Waals surface area contributed by atoms with Crippen molar-refractivity contribution >= 4 is 11.3 Å². The summed E-state index contributed by atoms with van der Waals surface area (Å²) in [5, 5.41) is 3.60. The lowest BCUT2D eigenvalue weighted by atomic mass is 9.95. The van der Waals surface area contributed by atoms with Crippen molar-refractivity contribution in [1.82, 2.24) is 10.3 Å². The molecule has 0 aliphatic carbocycles. The maximum absolute atomic E-state index is 5.59. The number of thiazole rings is 1. The second kappa shape index (κ2) is 4.20. The first-order valence-corrected chi connectivity index (χ1v) is 6.25. The topological polar surface area (TPSA) is 34.2 Å². The van der Waals surface area contributed by atoms with Gasteiger partial charge < -0.3 is 10.1 Å². The highest BCUT2D eigenvalue weighted by molar-refractivity contribution is 7.09. The maximum atomic E-state index is 5.59. The largest absolute Gasteiger partial charge is 0.377 e. The molecule has 1 aromatic heterocycles. The van der Waals surface area contributed by atoms with Crippen LogP contribution in [0.3, 0.4) is 0 Å². The minimum atomic E-state index is 0.121. The van der Waals surface area contributed by atoms with Gasteiger partial charge in [0.25, 0.3) is 0 Å². The maximum Gasteiger partial charge on any atom is 0.0798 e. The molecule has 0 saturated carbocycles. The summed E-state index contributed by atoms with van der Waals surface area (Å²) in [4.78, 5) is 5.58. The molecule has 0 bridgehead atoms. The summed E-state index contributed by atoms with van der Waals surface area (Å²) in [5.41, 5.74) is 3.17. The van der Waals surface area contributed by atoms with Crippen molar-refractivity contribution in [2.24, 2.45) is 0 Å². The van der Waals surface area contributed by atoms with Crippen LogP contribution in [0, 0.1) is 6.92 Å². The Morgan fingerprint density at radius 3 is 3.07 bits per heavy atom. The van der Waals surface area contributed by atoms with Gasteiger partial charge in [0.15, 0.2) is 0 Å². The van der Waals surface area contributed by atoms with Crippen LogP contribution in [-0.4, -0.2) is 23.2 Å². The third kappa shape index (κ3) is 2.22. The van der Waals surface area contributed by atoms with Gasteiger partial charge in [0, 0.05) is 23.6 Å². The highest BCUT2D eigenvalue weighted by atomic mass is 32.1. The van der Waals surface area contributed by atoms with E-state index < -0.39 is 0 Å². The van der Waals surface area contributed by atoms with Crippen LogP contribution in [0.15, 0.2) is 5.51 Å². The second-order valence-corrected chi connectivity index (χ2v) is 5.33. The second-order valence-electron chi connectivity index (χ2n) is 4.39. The molecule has 1 N–H and O–H groups in total. The molecule has 4 heteroatoms. The Morgan fingerprint density at radius 2 is 2.53 bits per heavy atom. The average molecular weight is 226 g/mol. The standard InChI is InChI=1S/C11H18N2OS/c1-8-10(15-7-12-8)6-13-11(3)4-5-14-9(11)2/h7,9,13H,4-6H2,1-3H3. The number of nitrogens with one attached hydrogen (secondary N) is 1. The Labute approximate surface area is 94.9 Å². The molecule has 1 saturated heterocycles. The zero-order valence-electron chi connectivity index (χ0n) is 9.54. The molecular weight excluding hydrogens is 208 g/mol. The van der Waals surface area contributed by atoms with Crippen molar-refractivity contribution in [2.75, 3.05) is 6.61 Å². The molecule has 1 aromatic rings. The molecule has 2 heterocycles. The predicted molar refractivity (Wildman–Crippen MR) is 62.1 cm³/mol. The molecule has 1 fully saturated rings. The van der Waals surface area contributed by atoms with E-state index in [1.165, 1.54) is 4.88 Å². The van der Waals surface area contributed by atoms with Gasteiger partial charge in [0.2, 0.25) is 0 Å². The summed E-state index contributed by atoms with van der Waals surface area (Å²) in [7, 11) is 0. The fourth-order valence-corrected chi connectivity index (χ4v) is 2.56. The molecule has 0 spiro atoms. The van der Waals surface area contributed by atoms with E-state index in [9.17, 15) is 0 Å². The first kappa shape index (κ1) is 11.0. The van der Waals surface area contributed by atoms with Crippen molar-refractivity contribution < 1.29 is 4.74 Å². The zero-order valence-corrected chi connectivity index (χ0v) is 10.4. The van der Waals surface area contributed by atoms with Gasteiger partial charge in [-0.05, 0) is 27.2 Å². The number of nitrogens with zero attached hydrogens (tertiary/aromatic N) is 1. The number of ether oxygens (including phenoxy) is 1. The van der Waals surface area contributed by atoms with Crippen molar-refractivity contribution in [3.8, 4) is 0 Å². The lowest BCUT2D eigenvalue weighted by Crippen LogP contribution is -2.47. The average Bonchev–Trinajstić information content (AvgIpc) is 2.73. The highest BCUT2D eigenvalue weighted by Gasteiger charge is 2.36. The van der Waals surface area contributed by atoms with Crippen LogP contribution in [0.25, 0.3) is 0 Å². The van der Waals surface area contributed by atoms with Crippen molar-refractivity contribution in [1.29, 1.82) is 0 Å². The van der Waals surface area contributed by atoms with E-state index in [2.05, 4.69) is 31.1 Å². The monoisotopic (exact) mass is 226 g/mol. The van der Waals surface area contributed by atoms with Crippen LogP contribution >= 0.6 is 11.3 Å². The Bertz CT molecular complexity index is 339. The van der Waals surface area contributed by atoms with Gasteiger partial charge in [0.1, 0.15) is 0 Å². The lowest BCUT2D eigenvalue weighted by molar-refractivity contribution is 0.0882. The van der Waals surface area contributed by atoms with E-state index >= 15 is 0 Å². The van der Waals surface area contributed by atoms with Crippen LogP contribution in [0.4, 0.5) is 0 Å². The minimum Gasteiger partial charge on any atom is -0.377 e. The van der Waals surface area contributed by atoms with Crippen LogP contribution in [-0.2, 0) is 11.3 Å². The summed E-state index contributed by atoms with van der Waals surface area (Å²) >= 11 is 1.72. The Morgan fingerprint density at radius 1 is 1.73 bits per heavy atom. The van der Waals surface area contributed by atoms with Gasteiger partial charge in [-0.15, -0.1) is 11.3 Å². The number of aryl methyl sites for hydroxylation is 1. The van der Waals surface area contributed by atoms with E-state index in [0.717, 1.165) is 25.3 Å². The molecule has 1 aliphatic heterocycles. The van der Waals surface area contributed by atoms with Crippen LogP contribution in [0.2, 0.25) is 0 Å². The SMILES string of the molecule is Cc1ncsc1CNC1(C)CCOC1C. The molecule has 1 aliphatic rings. The molecule has 3 nitrogen and oxygen atoms in total. The first-order valence-electron chi connectivity index (χ1n) is 5.37. The summed E-state index contributed by atoms with van der Waals surface area (Å²) < 4.78 is 5.59. The summed E-state index contributed by atoms with van der Waals surface area (Å²) in [6, 6.07) is 0. The van der Waals surface area contributed by atoms with E-state index in [1.54, 1.807) is 11.3 Å². The Kier molecular flexibility index (Phi) is 3.09. The van der Waals surface area contributed by atoms with Gasteiger partial charge >= 0.3 is 0 Å². The van der Waals surface area contributed by atoms with Crippen molar-refractivity contribution in [3.63, 3.8) is 0 Å². The van der Waals surface area contributed by atoms with Crippen molar-refractivity contribution in [2.45, 2.75) is 45.4 Å². The zero-order chi connectivity index (χ0) is 10.9. The summed E-state index contributed by atoms with van der Waals surface area (Å²) in [6.45, 7) is 8.21. The fourth-order valence-electron chi connectivity index (χ4n) is 1.85. The molecule has 2 atom stereocenters. The fraction of sp³-hybridized carbons (Fsp3) is 0.727. The third-order valence-electron chi connectivity index (χ3n) is 3.38. The quantitative estimate of drug-likeness (QED) is 0.857. The third-order valence-corrected chi connectivity index (χ3v) is 4.32. The van der Waals surface area contributed by atoms with Crippen molar-refractivity contribution in [3.05, 3.63) is 16.1 Å². The summed E-state index contributed by atoms with van der Waals surface area (Å²) in [6.07, 6.45) is 1.39. The predicted octanol–water partition coefficient (Wildman–Crippen LogP) is 2.11. The first-order chi connectivity index (χ1) is 7.12. The molecule has 84 valence electrons. The molecule has 2 unspecified atom stereocenters. The van der Waals surface area contributed by atoms with Crippen LogP contribution in [0.1, 0.15) is 30.8 Å². The summed E-state index contributed by atoms with van der Waals surface area (Å²) in [5.74, 6) is 0. The van der Waals surface area contributed by atoms with Gasteiger partial charge in [-0.3, -0.25) is 0 Å². The number of rotatable bonds is 3. The number of hydrogen-bond acceptors (Lipinski definition) is 4. The highest BCUT2D eigenvalue weighted by Crippen LogP contribution is 2.26. The van der Waals surface area contributed by atoms with E-state index in [0.29, 0.717) is 6.10 Å². The van der Waals surface area contributed by atoms with Gasteiger partial charge in [-0.2, -0.15) is 0 Å². The van der Waals surface area contributed by atoms with E-state index in [1.807, 2.05) is 5.51 Å². The number of aromatic nitrogens is 1. The van der Waals surface area contributed by atoms with Gasteiger partial charge in [0.05, 0.1) is 17.3 Å². The molecule has 15 heavy (non-hydrogen) atoms. The van der Waals surface area contributed by atoms with Crippen LogP contribution in [0.5, 0.6) is 0 Å². The minimum absolute atomic E-state index is 0.121. The smallest absolute Gasteiger partial charge is 0.0798 e. The van der Waals surface area contributed by atoms with Gasteiger partial charge in [-0.25, -0.2) is 4.98 Å². The molecule has 0 aromatic carbocycles.